The van der Waals surface area contributed by atoms with Crippen molar-refractivity contribution < 1.29 is 19.1 Å². The van der Waals surface area contributed by atoms with Crippen LogP contribution in [0.5, 0.6) is 5.75 Å². The van der Waals surface area contributed by atoms with E-state index in [4.69, 9.17) is 10.5 Å². The fraction of sp³-hybridized carbons (Fsp3) is 0.667. The molecule has 2 amide bonds. The molecule has 0 aliphatic rings. The Morgan fingerprint density at radius 2 is 1.72 bits per heavy atom. The zero-order valence-electron chi connectivity index (χ0n) is 22.9. The molecule has 204 valence electrons. The molecule has 0 atom stereocenters. The van der Waals surface area contributed by atoms with E-state index in [-0.39, 0.29) is 31.3 Å². The molecule has 0 unspecified atom stereocenters. The van der Waals surface area contributed by atoms with E-state index in [2.05, 4.69) is 43.2 Å². The highest BCUT2D eigenvalue weighted by molar-refractivity contribution is 6.00. The zero-order valence-corrected chi connectivity index (χ0v) is 22.9. The second-order valence-corrected chi connectivity index (χ2v) is 9.41. The Morgan fingerprint density at radius 3 is 2.33 bits per heavy atom. The number of nitrogens with two attached hydrogens (primary N) is 1. The largest absolute Gasteiger partial charge is 0.496 e. The van der Waals surface area contributed by atoms with Crippen LogP contribution in [0.3, 0.4) is 0 Å². The van der Waals surface area contributed by atoms with E-state index in [0.717, 1.165) is 44.6 Å². The second kappa shape index (κ2) is 17.9. The first kappa shape index (κ1) is 31.5. The lowest BCUT2D eigenvalue weighted by atomic mass is 10.0. The topological polar surface area (TPSA) is 117 Å². The zero-order chi connectivity index (χ0) is 26.9. The summed E-state index contributed by atoms with van der Waals surface area (Å²) in [5.74, 6) is 0.319. The maximum Gasteiger partial charge on any atom is 0.237 e. The third-order valence-electron chi connectivity index (χ3n) is 6.11. The van der Waals surface area contributed by atoms with Gasteiger partial charge in [0.2, 0.25) is 11.8 Å². The lowest BCUT2D eigenvalue weighted by Gasteiger charge is -2.22. The minimum Gasteiger partial charge on any atom is -0.496 e. The van der Waals surface area contributed by atoms with Gasteiger partial charge < -0.3 is 30.9 Å². The summed E-state index contributed by atoms with van der Waals surface area (Å²) >= 11 is 0. The van der Waals surface area contributed by atoms with Crippen LogP contribution in [0.4, 0.5) is 0 Å². The van der Waals surface area contributed by atoms with Crippen LogP contribution in [0.25, 0.3) is 0 Å². The summed E-state index contributed by atoms with van der Waals surface area (Å²) in [5, 5.41) is 6.39. The summed E-state index contributed by atoms with van der Waals surface area (Å²) in [6.45, 7) is 13.7. The van der Waals surface area contributed by atoms with Crippen molar-refractivity contribution in [2.24, 2.45) is 11.7 Å². The molecule has 0 heterocycles. The third kappa shape index (κ3) is 12.5. The minimum atomic E-state index is -0.513. The molecular formula is C27H47N5O4. The van der Waals surface area contributed by atoms with Crippen molar-refractivity contribution in [1.29, 1.82) is 0 Å². The number of ketones is 1. The molecule has 36 heavy (non-hydrogen) atoms. The molecule has 0 radical (unpaired) electrons. The molecule has 0 spiro atoms. The average Bonchev–Trinajstić information content (AvgIpc) is 2.85. The number of amides is 2. The summed E-state index contributed by atoms with van der Waals surface area (Å²) in [5.41, 5.74) is 6.84. The van der Waals surface area contributed by atoms with Gasteiger partial charge in [-0.15, -0.1) is 0 Å². The fourth-order valence-corrected chi connectivity index (χ4v) is 3.83. The molecule has 9 nitrogen and oxygen atoms in total. The first-order valence-corrected chi connectivity index (χ1v) is 13.1. The summed E-state index contributed by atoms with van der Waals surface area (Å²) in [7, 11) is 1.56. The predicted molar refractivity (Wildman–Crippen MR) is 144 cm³/mol. The Bertz CT molecular complexity index is 811. The highest BCUT2D eigenvalue weighted by Gasteiger charge is 2.16. The van der Waals surface area contributed by atoms with Gasteiger partial charge in [0, 0.05) is 6.54 Å². The molecular weight excluding hydrogens is 458 g/mol. The quantitative estimate of drug-likeness (QED) is 0.182. The maximum absolute atomic E-state index is 12.8. The van der Waals surface area contributed by atoms with E-state index in [1.165, 1.54) is 4.90 Å². The third-order valence-corrected chi connectivity index (χ3v) is 6.11. The smallest absolute Gasteiger partial charge is 0.237 e. The van der Waals surface area contributed by atoms with Crippen molar-refractivity contribution >= 4 is 17.6 Å². The molecule has 1 aromatic carbocycles. The van der Waals surface area contributed by atoms with Gasteiger partial charge in [-0.25, -0.2) is 0 Å². The van der Waals surface area contributed by atoms with Gasteiger partial charge in [-0.2, -0.15) is 0 Å². The van der Waals surface area contributed by atoms with Gasteiger partial charge in [0.1, 0.15) is 5.75 Å². The number of primary amides is 1. The molecule has 4 N–H and O–H groups in total. The Balaban J connectivity index is 2.55. The van der Waals surface area contributed by atoms with Gasteiger partial charge >= 0.3 is 0 Å². The molecule has 0 bridgehead atoms. The molecule has 1 aromatic rings. The molecule has 0 fully saturated rings. The normalized spacial score (nSPS) is 11.2. The number of hydrogen-bond acceptors (Lipinski definition) is 7. The van der Waals surface area contributed by atoms with Crippen LogP contribution in [0.15, 0.2) is 18.2 Å². The molecule has 0 aromatic heterocycles. The molecule has 9 heteroatoms. The van der Waals surface area contributed by atoms with Gasteiger partial charge in [0.25, 0.3) is 0 Å². The number of nitrogens with one attached hydrogen (secondary N) is 2. The fourth-order valence-electron chi connectivity index (χ4n) is 3.83. The number of Topliss-reactive ketones (excluding diaryl/α,β-unsaturated/α-hetero) is 1. The number of carbonyl (C=O) groups is 3. The number of methoxy groups -OCH3 is 1. The van der Waals surface area contributed by atoms with Gasteiger partial charge in [-0.1, -0.05) is 33.8 Å². The van der Waals surface area contributed by atoms with E-state index in [1.807, 2.05) is 18.2 Å². The first-order chi connectivity index (χ1) is 17.2. The summed E-state index contributed by atoms with van der Waals surface area (Å²) in [4.78, 5) is 40.5. The van der Waals surface area contributed by atoms with Crippen LogP contribution in [-0.4, -0.2) is 93.4 Å². The number of rotatable bonds is 20. The minimum absolute atomic E-state index is 0.00748. The molecule has 0 aliphatic heterocycles. The van der Waals surface area contributed by atoms with E-state index < -0.39 is 5.91 Å². The second-order valence-electron chi connectivity index (χ2n) is 9.41. The molecule has 1 rings (SSSR count). The predicted octanol–water partition coefficient (Wildman–Crippen LogP) is 1.69. The SMILES string of the molecule is CCN(CC)CCCNCC(=O)c1cc(CCNCC(=O)N(CCC(C)C)CC(N)=O)ccc1OC. The van der Waals surface area contributed by atoms with Crippen LogP contribution in [0, 0.1) is 5.92 Å². The van der Waals surface area contributed by atoms with Gasteiger partial charge in [0.15, 0.2) is 5.78 Å². The van der Waals surface area contributed by atoms with Crippen LogP contribution in [-0.2, 0) is 16.0 Å². The number of ether oxygens (including phenoxy) is 1. The number of nitrogens with zero attached hydrogens (tertiary/aromatic N) is 2. The highest BCUT2D eigenvalue weighted by atomic mass is 16.5. The Hall–Kier alpha value is -2.49. The van der Waals surface area contributed by atoms with Crippen LogP contribution < -0.4 is 21.1 Å². The Morgan fingerprint density at radius 1 is 1.03 bits per heavy atom. The van der Waals surface area contributed by atoms with E-state index in [9.17, 15) is 14.4 Å². The van der Waals surface area contributed by atoms with Gasteiger partial charge in [-0.05, 0) is 75.6 Å². The van der Waals surface area contributed by atoms with Crippen LogP contribution in [0.2, 0.25) is 0 Å². The molecule has 0 aliphatic carbocycles. The Kier molecular flexibility index (Phi) is 15.6. The number of benzene rings is 1. The van der Waals surface area contributed by atoms with Gasteiger partial charge in [-0.3, -0.25) is 14.4 Å². The number of carbonyl (C=O) groups excluding carboxylic acids is 3. The average molecular weight is 506 g/mol. The van der Waals surface area contributed by atoms with E-state index in [0.29, 0.717) is 36.7 Å². The van der Waals surface area contributed by atoms with E-state index >= 15 is 0 Å². The van der Waals surface area contributed by atoms with Crippen molar-refractivity contribution in [3.63, 3.8) is 0 Å². The van der Waals surface area contributed by atoms with Crippen molar-refractivity contribution in [3.05, 3.63) is 29.3 Å². The number of hydrogen-bond donors (Lipinski definition) is 3. The summed E-state index contributed by atoms with van der Waals surface area (Å²) < 4.78 is 5.41. The molecule has 0 saturated carbocycles. The van der Waals surface area contributed by atoms with Crippen LogP contribution in [0.1, 0.15) is 56.5 Å². The van der Waals surface area contributed by atoms with Crippen molar-refractivity contribution in [3.8, 4) is 5.75 Å². The van der Waals surface area contributed by atoms with Crippen molar-refractivity contribution in [1.82, 2.24) is 20.4 Å². The monoisotopic (exact) mass is 505 g/mol. The van der Waals surface area contributed by atoms with Gasteiger partial charge in [0.05, 0.1) is 32.3 Å². The summed E-state index contributed by atoms with van der Waals surface area (Å²) in [6, 6.07) is 5.61. The van der Waals surface area contributed by atoms with Crippen LogP contribution >= 0.6 is 0 Å². The summed E-state index contributed by atoms with van der Waals surface area (Å²) in [6.07, 6.45) is 2.45. The standard InChI is InChI=1S/C27H47N5O4/c1-6-31(7-2)15-8-13-29-18-24(33)23-17-22(9-10-25(23)36-5)11-14-30-19-27(35)32(20-26(28)34)16-12-21(3)4/h9-10,17,21,29-30H,6-8,11-16,18-20H2,1-5H3,(H2,28,34). The highest BCUT2D eigenvalue weighted by Crippen LogP contribution is 2.20. The van der Waals surface area contributed by atoms with Crippen molar-refractivity contribution in [2.75, 3.05) is 66.0 Å². The lowest BCUT2D eigenvalue weighted by molar-refractivity contribution is -0.134. The van der Waals surface area contributed by atoms with E-state index in [1.54, 1.807) is 7.11 Å². The maximum atomic E-state index is 12.8. The first-order valence-electron chi connectivity index (χ1n) is 13.1. The lowest BCUT2D eigenvalue weighted by Crippen LogP contribution is -2.43. The Labute approximate surface area is 217 Å². The molecule has 0 saturated heterocycles. The van der Waals surface area contributed by atoms with Crippen molar-refractivity contribution in [2.45, 2.75) is 47.0 Å².